The van der Waals surface area contributed by atoms with Gasteiger partial charge in [0.25, 0.3) is 0 Å². The van der Waals surface area contributed by atoms with E-state index in [0.717, 1.165) is 6.42 Å². The molecule has 0 rings (SSSR count). The molecule has 0 bridgehead atoms. The molecule has 16 heavy (non-hydrogen) atoms. The lowest BCUT2D eigenvalue weighted by Crippen LogP contribution is -2.42. The Morgan fingerprint density at radius 2 is 2.00 bits per heavy atom. The van der Waals surface area contributed by atoms with Gasteiger partial charge in [-0.15, -0.1) is 6.42 Å². The molecule has 0 saturated heterocycles. The van der Waals surface area contributed by atoms with Gasteiger partial charge in [0.05, 0.1) is 13.0 Å². The summed E-state index contributed by atoms with van der Waals surface area (Å²) in [5, 5.41) is 8.51. The standard InChI is InChI=1S/C11H18N2O3/c1-4-7-13(8-5-2)11(16)12(3)9-6-10(14)15/h1H,5-9H2,2-3H3,(H,14,15). The number of carboxylic acid groups (broad SMARTS) is 1. The highest BCUT2D eigenvalue weighted by molar-refractivity contribution is 5.75. The first-order valence-electron chi connectivity index (χ1n) is 5.18. The quantitative estimate of drug-likeness (QED) is 0.683. The van der Waals surface area contributed by atoms with Crippen LogP contribution in [0.5, 0.6) is 0 Å². The Morgan fingerprint density at radius 1 is 1.38 bits per heavy atom. The first-order chi connectivity index (χ1) is 7.52. The number of amides is 2. The summed E-state index contributed by atoms with van der Waals surface area (Å²) in [4.78, 5) is 25.1. The van der Waals surface area contributed by atoms with Crippen molar-refractivity contribution in [1.82, 2.24) is 9.80 Å². The number of hydrogen-bond donors (Lipinski definition) is 1. The summed E-state index contributed by atoms with van der Waals surface area (Å²) in [7, 11) is 1.57. The zero-order valence-electron chi connectivity index (χ0n) is 9.77. The molecule has 0 aliphatic carbocycles. The third kappa shape index (κ3) is 5.25. The zero-order chi connectivity index (χ0) is 12.6. The fourth-order valence-electron chi connectivity index (χ4n) is 1.22. The van der Waals surface area contributed by atoms with Gasteiger partial charge in [0.2, 0.25) is 0 Å². The van der Waals surface area contributed by atoms with Crippen LogP contribution in [0.25, 0.3) is 0 Å². The minimum atomic E-state index is -0.918. The second kappa shape index (κ2) is 7.57. The smallest absolute Gasteiger partial charge is 0.320 e. The van der Waals surface area contributed by atoms with Crippen LogP contribution >= 0.6 is 0 Å². The van der Waals surface area contributed by atoms with Gasteiger partial charge in [0.15, 0.2) is 0 Å². The van der Waals surface area contributed by atoms with Crippen LogP contribution in [0.2, 0.25) is 0 Å². The van der Waals surface area contributed by atoms with Crippen molar-refractivity contribution < 1.29 is 14.7 Å². The summed E-state index contributed by atoms with van der Waals surface area (Å²) in [6.45, 7) is 2.98. The van der Waals surface area contributed by atoms with Gasteiger partial charge in [-0.3, -0.25) is 4.79 Å². The summed E-state index contributed by atoms with van der Waals surface area (Å²) in [6, 6.07) is -0.221. The first kappa shape index (κ1) is 14.3. The third-order valence-electron chi connectivity index (χ3n) is 2.03. The maximum Gasteiger partial charge on any atom is 0.320 e. The second-order valence-corrected chi connectivity index (χ2v) is 3.47. The first-order valence-corrected chi connectivity index (χ1v) is 5.18. The maximum atomic E-state index is 11.8. The Bertz CT molecular complexity index is 283. The van der Waals surface area contributed by atoms with Crippen molar-refractivity contribution in [3.05, 3.63) is 0 Å². The molecule has 0 aromatic rings. The predicted molar refractivity (Wildman–Crippen MR) is 61.0 cm³/mol. The van der Waals surface area contributed by atoms with Gasteiger partial charge in [-0.25, -0.2) is 4.79 Å². The number of hydrogen-bond acceptors (Lipinski definition) is 2. The molecule has 1 N–H and O–H groups in total. The van der Waals surface area contributed by atoms with E-state index in [1.165, 1.54) is 9.80 Å². The predicted octanol–water partition coefficient (Wildman–Crippen LogP) is 0.858. The van der Waals surface area contributed by atoms with Crippen LogP contribution in [0, 0.1) is 12.3 Å². The molecule has 0 aliphatic heterocycles. The highest BCUT2D eigenvalue weighted by atomic mass is 16.4. The Kier molecular flexibility index (Phi) is 6.77. The number of rotatable bonds is 6. The molecular formula is C11H18N2O3. The molecule has 0 spiro atoms. The van der Waals surface area contributed by atoms with Crippen LogP contribution in [0.4, 0.5) is 4.79 Å². The van der Waals surface area contributed by atoms with Gasteiger partial charge in [-0.1, -0.05) is 12.8 Å². The van der Waals surface area contributed by atoms with E-state index >= 15 is 0 Å². The van der Waals surface area contributed by atoms with Gasteiger partial charge in [-0.05, 0) is 6.42 Å². The fourth-order valence-corrected chi connectivity index (χ4v) is 1.22. The van der Waals surface area contributed by atoms with Crippen molar-refractivity contribution in [2.24, 2.45) is 0 Å². The normalized spacial score (nSPS) is 9.31. The summed E-state index contributed by atoms with van der Waals surface area (Å²) in [5.74, 6) is 1.50. The molecule has 5 nitrogen and oxygen atoms in total. The average Bonchev–Trinajstić information content (AvgIpc) is 2.24. The molecule has 2 amide bonds. The maximum absolute atomic E-state index is 11.8. The molecule has 90 valence electrons. The van der Waals surface area contributed by atoms with Crippen LogP contribution in [-0.2, 0) is 4.79 Å². The van der Waals surface area contributed by atoms with Crippen molar-refractivity contribution in [2.45, 2.75) is 19.8 Å². The fraction of sp³-hybridized carbons (Fsp3) is 0.636. The van der Waals surface area contributed by atoms with Crippen molar-refractivity contribution >= 4 is 12.0 Å². The Balaban J connectivity index is 4.25. The Morgan fingerprint density at radius 3 is 2.44 bits per heavy atom. The lowest BCUT2D eigenvalue weighted by atomic mass is 10.4. The number of terminal acetylenes is 1. The van der Waals surface area contributed by atoms with E-state index < -0.39 is 5.97 Å². The third-order valence-corrected chi connectivity index (χ3v) is 2.03. The van der Waals surface area contributed by atoms with E-state index in [4.69, 9.17) is 11.5 Å². The number of aliphatic carboxylic acids is 1. The SMILES string of the molecule is C#CCN(CCC)C(=O)N(C)CCC(=O)O. The molecule has 0 aliphatic rings. The van der Waals surface area contributed by atoms with E-state index in [1.54, 1.807) is 7.05 Å². The van der Waals surface area contributed by atoms with Crippen molar-refractivity contribution in [2.75, 3.05) is 26.7 Å². The minimum Gasteiger partial charge on any atom is -0.481 e. The molecule has 0 radical (unpaired) electrons. The summed E-state index contributed by atoms with van der Waals surface area (Å²) < 4.78 is 0. The van der Waals surface area contributed by atoms with E-state index in [2.05, 4.69) is 5.92 Å². The summed E-state index contributed by atoms with van der Waals surface area (Å²) >= 11 is 0. The molecule has 0 fully saturated rings. The van der Waals surface area contributed by atoms with Crippen LogP contribution in [0.1, 0.15) is 19.8 Å². The lowest BCUT2D eigenvalue weighted by molar-refractivity contribution is -0.137. The average molecular weight is 226 g/mol. The Hall–Kier alpha value is -1.70. The number of nitrogens with zero attached hydrogens (tertiary/aromatic N) is 2. The minimum absolute atomic E-state index is 0.0573. The molecule has 0 unspecified atom stereocenters. The van der Waals surface area contributed by atoms with Gasteiger partial charge >= 0.3 is 12.0 Å². The largest absolute Gasteiger partial charge is 0.481 e. The second-order valence-electron chi connectivity index (χ2n) is 3.47. The Labute approximate surface area is 96.0 Å². The number of carboxylic acids is 1. The topological polar surface area (TPSA) is 60.9 Å². The highest BCUT2D eigenvalue weighted by Gasteiger charge is 2.16. The van der Waals surface area contributed by atoms with Crippen molar-refractivity contribution in [3.63, 3.8) is 0 Å². The summed E-state index contributed by atoms with van der Waals surface area (Å²) in [5.41, 5.74) is 0. The zero-order valence-corrected chi connectivity index (χ0v) is 9.77. The molecule has 0 atom stereocenters. The van der Waals surface area contributed by atoms with Crippen LogP contribution < -0.4 is 0 Å². The van der Waals surface area contributed by atoms with Crippen LogP contribution in [0.15, 0.2) is 0 Å². The van der Waals surface area contributed by atoms with Gasteiger partial charge in [0, 0.05) is 20.1 Å². The molecule has 0 heterocycles. The molecule has 0 aromatic heterocycles. The van der Waals surface area contributed by atoms with Gasteiger partial charge < -0.3 is 14.9 Å². The lowest BCUT2D eigenvalue weighted by Gasteiger charge is -2.26. The van der Waals surface area contributed by atoms with Gasteiger partial charge in [0.1, 0.15) is 0 Å². The molecular weight excluding hydrogens is 208 g/mol. The van der Waals surface area contributed by atoms with Gasteiger partial charge in [-0.2, -0.15) is 0 Å². The summed E-state index contributed by atoms with van der Waals surface area (Å²) in [6.07, 6.45) is 5.93. The van der Waals surface area contributed by atoms with Crippen LogP contribution in [-0.4, -0.2) is 53.6 Å². The number of carbonyl (C=O) groups excluding carboxylic acids is 1. The number of carbonyl (C=O) groups is 2. The monoisotopic (exact) mass is 226 g/mol. The molecule has 0 saturated carbocycles. The molecule has 5 heteroatoms. The van der Waals surface area contributed by atoms with Crippen LogP contribution in [0.3, 0.4) is 0 Å². The molecule has 0 aromatic carbocycles. The highest BCUT2D eigenvalue weighted by Crippen LogP contribution is 1.99. The van der Waals surface area contributed by atoms with E-state index in [1.807, 2.05) is 6.92 Å². The number of urea groups is 1. The van der Waals surface area contributed by atoms with E-state index in [9.17, 15) is 9.59 Å². The van der Waals surface area contributed by atoms with Crippen molar-refractivity contribution in [1.29, 1.82) is 0 Å². The van der Waals surface area contributed by atoms with E-state index in [-0.39, 0.29) is 25.5 Å². The van der Waals surface area contributed by atoms with Crippen molar-refractivity contribution in [3.8, 4) is 12.3 Å². The van der Waals surface area contributed by atoms with E-state index in [0.29, 0.717) is 6.54 Å².